The summed E-state index contributed by atoms with van der Waals surface area (Å²) in [7, 11) is -1.18. The van der Waals surface area contributed by atoms with Crippen molar-refractivity contribution in [2.24, 2.45) is 10.9 Å². The Morgan fingerprint density at radius 1 is 1.13 bits per heavy atom. The minimum absolute atomic E-state index is 0.0526. The van der Waals surface area contributed by atoms with Crippen LogP contribution in [0.1, 0.15) is 17.5 Å². The topological polar surface area (TPSA) is 150 Å². The van der Waals surface area contributed by atoms with Gasteiger partial charge in [-0.1, -0.05) is 12.1 Å². The number of fused-ring (bicyclic) bond motifs is 1. The summed E-state index contributed by atoms with van der Waals surface area (Å²) in [5, 5.41) is 5.08. The summed E-state index contributed by atoms with van der Waals surface area (Å²) in [5.74, 6) is 5.33. The fraction of sp³-hybridized carbons (Fsp3) is 0.269. The summed E-state index contributed by atoms with van der Waals surface area (Å²) >= 11 is 0. The van der Waals surface area contributed by atoms with Crippen LogP contribution in [0.4, 0.5) is 0 Å². The van der Waals surface area contributed by atoms with Gasteiger partial charge < -0.3 is 25.0 Å². The molecule has 1 fully saturated rings. The number of rotatable bonds is 10. The normalized spacial score (nSPS) is 15.8. The second-order valence-electron chi connectivity index (χ2n) is 8.61. The molecule has 3 aromatic carbocycles. The molecule has 11 nitrogen and oxygen atoms in total. The summed E-state index contributed by atoms with van der Waals surface area (Å²) < 4.78 is 44.3. The van der Waals surface area contributed by atoms with Crippen LogP contribution in [0, 0.1) is 0 Å². The zero-order valence-electron chi connectivity index (χ0n) is 20.9. The van der Waals surface area contributed by atoms with Crippen LogP contribution in [-0.4, -0.2) is 64.8 Å². The standard InChI is InChI=1S/C26H28N4O7S/c1-35-21-6-4-18-5-7-22(13-19(18)12-21)38(33,34)29-23-9-10-30(26(23)32)15-20-11-17(14-28-27)3-8-24(20)37-16-25(31)36-2/h3-8,11-14,23,29H,9-10,15-16,27H2,1-2H3. The Kier molecular flexibility index (Phi) is 8.13. The maximum absolute atomic E-state index is 13.2. The molecule has 200 valence electrons. The first-order valence-corrected chi connectivity index (χ1v) is 13.2. The van der Waals surface area contributed by atoms with E-state index in [4.69, 9.17) is 15.3 Å². The van der Waals surface area contributed by atoms with Gasteiger partial charge in [-0.2, -0.15) is 9.82 Å². The molecule has 0 aliphatic carbocycles. The minimum Gasteiger partial charge on any atom is -0.497 e. The molecular weight excluding hydrogens is 512 g/mol. The lowest BCUT2D eigenvalue weighted by Gasteiger charge is -2.20. The molecule has 3 aromatic rings. The summed E-state index contributed by atoms with van der Waals surface area (Å²) in [6.45, 7) is 0.157. The smallest absolute Gasteiger partial charge is 0.343 e. The Labute approximate surface area is 220 Å². The van der Waals surface area contributed by atoms with Crippen molar-refractivity contribution in [3.8, 4) is 11.5 Å². The van der Waals surface area contributed by atoms with Gasteiger partial charge in [-0.15, -0.1) is 0 Å². The van der Waals surface area contributed by atoms with Crippen LogP contribution in [0.5, 0.6) is 11.5 Å². The number of amides is 1. The van der Waals surface area contributed by atoms with E-state index in [1.807, 2.05) is 6.07 Å². The lowest BCUT2D eigenvalue weighted by molar-refractivity contribution is -0.143. The minimum atomic E-state index is -3.97. The van der Waals surface area contributed by atoms with Crippen molar-refractivity contribution < 1.29 is 32.2 Å². The molecule has 4 rings (SSSR count). The highest BCUT2D eigenvalue weighted by molar-refractivity contribution is 7.89. The van der Waals surface area contributed by atoms with Gasteiger partial charge in [0.2, 0.25) is 15.9 Å². The lowest BCUT2D eigenvalue weighted by atomic mass is 10.1. The maximum Gasteiger partial charge on any atom is 0.343 e. The number of ether oxygens (including phenoxy) is 3. The molecule has 0 radical (unpaired) electrons. The third kappa shape index (κ3) is 6.03. The number of carbonyl (C=O) groups excluding carboxylic acids is 2. The number of nitrogens with zero attached hydrogens (tertiary/aromatic N) is 2. The maximum atomic E-state index is 13.2. The molecule has 3 N–H and O–H groups in total. The molecule has 1 heterocycles. The quantitative estimate of drug-likeness (QED) is 0.171. The number of sulfonamides is 1. The molecule has 1 amide bonds. The van der Waals surface area contributed by atoms with Crippen LogP contribution >= 0.6 is 0 Å². The number of nitrogens with one attached hydrogen (secondary N) is 1. The van der Waals surface area contributed by atoms with Crippen LogP contribution in [0.2, 0.25) is 0 Å². The van der Waals surface area contributed by atoms with Crippen LogP contribution in [0.15, 0.2) is 64.6 Å². The molecule has 0 spiro atoms. The monoisotopic (exact) mass is 540 g/mol. The number of benzene rings is 3. The summed E-state index contributed by atoms with van der Waals surface area (Å²) in [5.41, 5.74) is 1.27. The van der Waals surface area contributed by atoms with E-state index in [1.54, 1.807) is 42.5 Å². The van der Waals surface area contributed by atoms with Gasteiger partial charge in [-0.25, -0.2) is 13.2 Å². The van der Waals surface area contributed by atoms with Gasteiger partial charge in [-0.3, -0.25) is 4.79 Å². The molecular formula is C26H28N4O7S. The van der Waals surface area contributed by atoms with E-state index in [2.05, 4.69) is 14.6 Å². The van der Waals surface area contributed by atoms with Gasteiger partial charge >= 0.3 is 5.97 Å². The number of hydrazone groups is 1. The number of nitrogens with two attached hydrogens (primary N) is 1. The van der Waals surface area contributed by atoms with Crippen LogP contribution in [-0.2, 0) is 30.9 Å². The number of hydrogen-bond donors (Lipinski definition) is 2. The van der Waals surface area contributed by atoms with Gasteiger partial charge in [0, 0.05) is 18.7 Å². The number of esters is 1. The van der Waals surface area contributed by atoms with Crippen molar-refractivity contribution in [2.45, 2.75) is 23.9 Å². The highest BCUT2D eigenvalue weighted by atomic mass is 32.2. The molecule has 0 aromatic heterocycles. The van der Waals surface area contributed by atoms with Crippen molar-refractivity contribution in [2.75, 3.05) is 27.4 Å². The molecule has 0 saturated carbocycles. The lowest BCUT2D eigenvalue weighted by Crippen LogP contribution is -2.41. The number of carbonyl (C=O) groups is 2. The Hall–Kier alpha value is -4.16. The zero-order chi connectivity index (χ0) is 27.3. The first kappa shape index (κ1) is 26.9. The molecule has 0 bridgehead atoms. The van der Waals surface area contributed by atoms with Crippen LogP contribution < -0.4 is 20.0 Å². The fourth-order valence-corrected chi connectivity index (χ4v) is 5.45. The first-order valence-electron chi connectivity index (χ1n) is 11.7. The van der Waals surface area contributed by atoms with Gasteiger partial charge in [0.05, 0.1) is 25.3 Å². The first-order chi connectivity index (χ1) is 18.2. The van der Waals surface area contributed by atoms with Crippen LogP contribution in [0.25, 0.3) is 10.8 Å². The van der Waals surface area contributed by atoms with Crippen LogP contribution in [0.3, 0.4) is 0 Å². The van der Waals surface area contributed by atoms with Gasteiger partial charge in [0.1, 0.15) is 17.5 Å². The third-order valence-corrected chi connectivity index (χ3v) is 7.64. The van der Waals surface area contributed by atoms with Gasteiger partial charge in [0.15, 0.2) is 6.61 Å². The second kappa shape index (κ2) is 11.5. The third-order valence-electron chi connectivity index (χ3n) is 6.17. The van der Waals surface area contributed by atoms with E-state index in [0.29, 0.717) is 41.0 Å². The molecule has 1 unspecified atom stereocenters. The van der Waals surface area contributed by atoms with E-state index in [1.165, 1.54) is 31.4 Å². The Balaban J connectivity index is 1.50. The predicted molar refractivity (Wildman–Crippen MR) is 140 cm³/mol. The molecule has 38 heavy (non-hydrogen) atoms. The highest BCUT2D eigenvalue weighted by Crippen LogP contribution is 2.26. The number of likely N-dealkylation sites (tertiary alicyclic amines) is 1. The van der Waals surface area contributed by atoms with Gasteiger partial charge in [-0.05, 0) is 65.2 Å². The largest absolute Gasteiger partial charge is 0.497 e. The average Bonchev–Trinajstić information content (AvgIpc) is 3.25. The average molecular weight is 541 g/mol. The number of hydrogen-bond acceptors (Lipinski definition) is 9. The molecule has 1 saturated heterocycles. The zero-order valence-corrected chi connectivity index (χ0v) is 21.7. The Morgan fingerprint density at radius 2 is 1.92 bits per heavy atom. The second-order valence-corrected chi connectivity index (χ2v) is 10.3. The Morgan fingerprint density at radius 3 is 2.66 bits per heavy atom. The highest BCUT2D eigenvalue weighted by Gasteiger charge is 2.35. The summed E-state index contributed by atoms with van der Waals surface area (Å²) in [6.07, 6.45) is 1.73. The molecule has 1 aliphatic heterocycles. The molecule has 12 heteroatoms. The van der Waals surface area contributed by atoms with E-state index >= 15 is 0 Å². The molecule has 1 aliphatic rings. The van der Waals surface area contributed by atoms with Crippen molar-refractivity contribution in [1.82, 2.24) is 9.62 Å². The van der Waals surface area contributed by atoms with E-state index in [-0.39, 0.29) is 24.0 Å². The molecule has 1 atom stereocenters. The number of methoxy groups -OCH3 is 2. The van der Waals surface area contributed by atoms with Crippen molar-refractivity contribution in [3.63, 3.8) is 0 Å². The van der Waals surface area contributed by atoms with Crippen molar-refractivity contribution >= 4 is 38.9 Å². The Bertz CT molecular complexity index is 1490. The fourth-order valence-electron chi connectivity index (χ4n) is 4.19. The summed E-state index contributed by atoms with van der Waals surface area (Å²) in [6, 6.07) is 14.3. The summed E-state index contributed by atoms with van der Waals surface area (Å²) in [4.78, 5) is 26.3. The van der Waals surface area contributed by atoms with E-state index in [9.17, 15) is 18.0 Å². The predicted octanol–water partition coefficient (Wildman–Crippen LogP) is 1.77. The SMILES string of the molecule is COC(=O)COc1ccc(C=NN)cc1CN1CCC(NS(=O)(=O)c2ccc3ccc(OC)cc3c2)C1=O. The van der Waals surface area contributed by atoms with Crippen molar-refractivity contribution in [1.29, 1.82) is 0 Å². The van der Waals surface area contributed by atoms with E-state index < -0.39 is 22.0 Å². The van der Waals surface area contributed by atoms with Crippen molar-refractivity contribution in [3.05, 3.63) is 65.7 Å². The van der Waals surface area contributed by atoms with E-state index in [0.717, 1.165) is 5.39 Å². The van der Waals surface area contributed by atoms with Gasteiger partial charge in [0.25, 0.3) is 0 Å².